The van der Waals surface area contributed by atoms with E-state index in [4.69, 9.17) is 25.8 Å². The number of amides is 2. The van der Waals surface area contributed by atoms with Crippen molar-refractivity contribution < 1.29 is 23.8 Å². The van der Waals surface area contributed by atoms with Crippen molar-refractivity contribution in [3.8, 4) is 17.2 Å². The van der Waals surface area contributed by atoms with Crippen LogP contribution in [0.5, 0.6) is 17.2 Å². The van der Waals surface area contributed by atoms with E-state index >= 15 is 0 Å². The molecule has 1 heterocycles. The molecule has 0 bridgehead atoms. The monoisotopic (exact) mass is 432 g/mol. The molecule has 2 amide bonds. The first-order valence-electron chi connectivity index (χ1n) is 9.78. The first-order chi connectivity index (χ1) is 14.4. The number of nitrogens with zero attached hydrogens (tertiary/aromatic N) is 1. The standard InChI is InChI=1S/C22H25ClN2O5/c1-4-25(22(27)15(3)30-18-7-5-16(23)11-14(18)2)13-21(26)24-17-6-8-19-20(12-17)29-10-9-28-19/h5-8,11-12,15H,4,9-10,13H2,1-3H3,(H,24,26). The Labute approximate surface area is 180 Å². The number of fused-ring (bicyclic) bond motifs is 1. The predicted molar refractivity (Wildman–Crippen MR) is 115 cm³/mol. The fourth-order valence-corrected chi connectivity index (χ4v) is 3.31. The van der Waals surface area contributed by atoms with Crippen LogP contribution in [0, 0.1) is 6.92 Å². The molecule has 1 aliphatic rings. The molecule has 1 aliphatic heterocycles. The van der Waals surface area contributed by atoms with Gasteiger partial charge >= 0.3 is 0 Å². The van der Waals surface area contributed by atoms with Gasteiger partial charge in [0.25, 0.3) is 5.91 Å². The third-order valence-corrected chi connectivity index (χ3v) is 4.88. The van der Waals surface area contributed by atoms with Crippen molar-refractivity contribution in [1.82, 2.24) is 4.90 Å². The zero-order valence-electron chi connectivity index (χ0n) is 17.2. The lowest BCUT2D eigenvalue weighted by Crippen LogP contribution is -2.44. The number of hydrogen-bond acceptors (Lipinski definition) is 5. The zero-order chi connectivity index (χ0) is 21.7. The Hall–Kier alpha value is -2.93. The molecule has 0 aliphatic carbocycles. The summed E-state index contributed by atoms with van der Waals surface area (Å²) in [5.74, 6) is 1.23. The maximum Gasteiger partial charge on any atom is 0.263 e. The second-order valence-electron chi connectivity index (χ2n) is 6.93. The number of hydrogen-bond donors (Lipinski definition) is 1. The summed E-state index contributed by atoms with van der Waals surface area (Å²) < 4.78 is 16.8. The van der Waals surface area contributed by atoms with Gasteiger partial charge < -0.3 is 24.4 Å². The van der Waals surface area contributed by atoms with Gasteiger partial charge in [-0.05, 0) is 56.7 Å². The largest absolute Gasteiger partial charge is 0.486 e. The molecule has 7 nitrogen and oxygen atoms in total. The minimum atomic E-state index is -0.744. The van der Waals surface area contributed by atoms with Gasteiger partial charge in [-0.3, -0.25) is 9.59 Å². The first-order valence-corrected chi connectivity index (χ1v) is 10.2. The van der Waals surface area contributed by atoms with E-state index in [2.05, 4.69) is 5.32 Å². The van der Waals surface area contributed by atoms with Crippen LogP contribution in [0.4, 0.5) is 5.69 Å². The molecule has 0 radical (unpaired) electrons. The van der Waals surface area contributed by atoms with Crippen molar-refractivity contribution in [2.45, 2.75) is 26.9 Å². The third kappa shape index (κ3) is 5.36. The minimum Gasteiger partial charge on any atom is -0.486 e. The second kappa shape index (κ2) is 9.71. The third-order valence-electron chi connectivity index (χ3n) is 4.64. The molecule has 8 heteroatoms. The SMILES string of the molecule is CCN(CC(=O)Nc1ccc2c(c1)OCCO2)C(=O)C(C)Oc1ccc(Cl)cc1C. The van der Waals surface area contributed by atoms with Crippen molar-refractivity contribution in [3.05, 3.63) is 47.0 Å². The number of aryl methyl sites for hydroxylation is 1. The lowest BCUT2D eigenvalue weighted by atomic mass is 10.2. The van der Waals surface area contributed by atoms with Gasteiger partial charge in [0.15, 0.2) is 17.6 Å². The molecular formula is C22H25ClN2O5. The zero-order valence-corrected chi connectivity index (χ0v) is 18.0. The Balaban J connectivity index is 1.59. The number of carbonyl (C=O) groups excluding carboxylic acids is 2. The number of ether oxygens (including phenoxy) is 3. The van der Waals surface area contributed by atoms with E-state index in [-0.39, 0.29) is 18.4 Å². The molecule has 160 valence electrons. The maximum absolute atomic E-state index is 12.8. The average molecular weight is 433 g/mol. The van der Waals surface area contributed by atoms with Crippen LogP contribution in [0.2, 0.25) is 5.02 Å². The van der Waals surface area contributed by atoms with E-state index in [0.717, 1.165) is 5.56 Å². The molecule has 2 aromatic rings. The lowest BCUT2D eigenvalue weighted by Gasteiger charge is -2.25. The first kappa shape index (κ1) is 21.8. The van der Waals surface area contributed by atoms with E-state index in [9.17, 15) is 9.59 Å². The molecule has 0 fully saturated rings. The number of carbonyl (C=O) groups is 2. The molecule has 1 unspecified atom stereocenters. The van der Waals surface area contributed by atoms with Crippen LogP contribution in [0.1, 0.15) is 19.4 Å². The molecular weight excluding hydrogens is 408 g/mol. The molecule has 0 saturated carbocycles. The van der Waals surface area contributed by atoms with Crippen LogP contribution in [-0.4, -0.2) is 49.1 Å². The summed E-state index contributed by atoms with van der Waals surface area (Å²) in [7, 11) is 0. The molecule has 0 aromatic heterocycles. The smallest absolute Gasteiger partial charge is 0.263 e. The summed E-state index contributed by atoms with van der Waals surface area (Å²) in [6, 6.07) is 10.4. The molecule has 30 heavy (non-hydrogen) atoms. The van der Waals surface area contributed by atoms with Crippen LogP contribution in [-0.2, 0) is 9.59 Å². The molecule has 3 rings (SSSR count). The minimum absolute atomic E-state index is 0.0862. The normalized spacial score (nSPS) is 13.3. The van der Waals surface area contributed by atoms with E-state index in [1.165, 1.54) is 4.90 Å². The van der Waals surface area contributed by atoms with Gasteiger partial charge in [-0.2, -0.15) is 0 Å². The van der Waals surface area contributed by atoms with Gasteiger partial charge in [-0.25, -0.2) is 0 Å². The highest BCUT2D eigenvalue weighted by atomic mass is 35.5. The number of likely N-dealkylation sites (N-methyl/N-ethyl adjacent to an activating group) is 1. The average Bonchev–Trinajstić information content (AvgIpc) is 2.73. The molecule has 0 saturated heterocycles. The Bertz CT molecular complexity index is 934. The highest BCUT2D eigenvalue weighted by molar-refractivity contribution is 6.30. The van der Waals surface area contributed by atoms with Crippen LogP contribution in [0.25, 0.3) is 0 Å². The van der Waals surface area contributed by atoms with Gasteiger partial charge in [-0.15, -0.1) is 0 Å². The fraction of sp³-hybridized carbons (Fsp3) is 0.364. The van der Waals surface area contributed by atoms with Crippen LogP contribution in [0.15, 0.2) is 36.4 Å². The summed E-state index contributed by atoms with van der Waals surface area (Å²) in [6.45, 7) is 6.59. The fourth-order valence-electron chi connectivity index (χ4n) is 3.08. The Kier molecular flexibility index (Phi) is 7.05. The van der Waals surface area contributed by atoms with Crippen LogP contribution in [0.3, 0.4) is 0 Å². The summed E-state index contributed by atoms with van der Waals surface area (Å²) in [6.07, 6.45) is -0.744. The van der Waals surface area contributed by atoms with E-state index in [1.54, 1.807) is 43.3 Å². The van der Waals surface area contributed by atoms with Crippen molar-refractivity contribution in [2.24, 2.45) is 0 Å². The molecule has 2 aromatic carbocycles. The van der Waals surface area contributed by atoms with Gasteiger partial charge in [0.05, 0.1) is 6.54 Å². The number of benzene rings is 2. The molecule has 0 spiro atoms. The highest BCUT2D eigenvalue weighted by Crippen LogP contribution is 2.32. The number of nitrogens with one attached hydrogen (secondary N) is 1. The second-order valence-corrected chi connectivity index (χ2v) is 7.37. The van der Waals surface area contributed by atoms with Gasteiger partial charge in [0.1, 0.15) is 19.0 Å². The number of halogens is 1. The van der Waals surface area contributed by atoms with Crippen molar-refractivity contribution in [2.75, 3.05) is 31.6 Å². The number of anilines is 1. The Morgan fingerprint density at radius 1 is 1.17 bits per heavy atom. The Morgan fingerprint density at radius 2 is 1.90 bits per heavy atom. The van der Waals surface area contributed by atoms with Gasteiger partial charge in [0, 0.05) is 23.3 Å². The topological polar surface area (TPSA) is 77.1 Å². The summed E-state index contributed by atoms with van der Waals surface area (Å²) >= 11 is 5.96. The van der Waals surface area contributed by atoms with E-state index in [0.29, 0.717) is 47.7 Å². The van der Waals surface area contributed by atoms with Crippen molar-refractivity contribution >= 4 is 29.1 Å². The molecule has 1 atom stereocenters. The van der Waals surface area contributed by atoms with E-state index < -0.39 is 6.10 Å². The van der Waals surface area contributed by atoms with E-state index in [1.807, 2.05) is 13.8 Å². The number of rotatable bonds is 7. The summed E-state index contributed by atoms with van der Waals surface area (Å²) in [5.41, 5.74) is 1.41. The lowest BCUT2D eigenvalue weighted by molar-refractivity contribution is -0.140. The Morgan fingerprint density at radius 3 is 2.60 bits per heavy atom. The highest BCUT2D eigenvalue weighted by Gasteiger charge is 2.24. The maximum atomic E-state index is 12.8. The molecule has 1 N–H and O–H groups in total. The summed E-state index contributed by atoms with van der Waals surface area (Å²) in [5, 5.41) is 3.39. The summed E-state index contributed by atoms with van der Waals surface area (Å²) in [4.78, 5) is 26.7. The predicted octanol–water partition coefficient (Wildman–Crippen LogP) is 3.67. The quantitative estimate of drug-likeness (QED) is 0.722. The van der Waals surface area contributed by atoms with Gasteiger partial charge in [0.2, 0.25) is 5.91 Å². The van der Waals surface area contributed by atoms with Crippen LogP contribution >= 0.6 is 11.6 Å². The van der Waals surface area contributed by atoms with Crippen LogP contribution < -0.4 is 19.5 Å². The van der Waals surface area contributed by atoms with Gasteiger partial charge in [-0.1, -0.05) is 11.6 Å². The van der Waals surface area contributed by atoms with Crippen molar-refractivity contribution in [3.63, 3.8) is 0 Å². The van der Waals surface area contributed by atoms with Crippen molar-refractivity contribution in [1.29, 1.82) is 0 Å².